The molecule has 0 spiro atoms. The summed E-state index contributed by atoms with van der Waals surface area (Å²) >= 11 is 4.26. The fourth-order valence-corrected chi connectivity index (χ4v) is 6.57. The van der Waals surface area contributed by atoms with Crippen LogP contribution in [0.3, 0.4) is 0 Å². The summed E-state index contributed by atoms with van der Waals surface area (Å²) in [7, 11) is 1.38. The lowest BCUT2D eigenvalue weighted by Crippen LogP contribution is -2.16. The lowest BCUT2D eigenvalue weighted by atomic mass is 9.96. The molecule has 1 aliphatic rings. The molecule has 0 bridgehead atoms. The molecule has 0 aliphatic heterocycles. The molecule has 0 fully saturated rings. The molecule has 34 heavy (non-hydrogen) atoms. The standard InChI is InChI=1S/C25H26N2O4S3/c1-31-25(30)22-18-10-4-2-3-5-11-19(18)34-24(22)27-21(28)15-33-17-9-6-8-16(14-17)26-23(29)20-12-7-13-32-20/h6-9,12-14H,2-5,10-11,15H2,1H3,(H,26,29)(H,27,28). The number of methoxy groups -OCH3 is 1. The molecule has 2 amide bonds. The number of hydrogen-bond acceptors (Lipinski definition) is 7. The van der Waals surface area contributed by atoms with E-state index in [1.165, 1.54) is 52.8 Å². The second-order valence-electron chi connectivity index (χ2n) is 7.91. The summed E-state index contributed by atoms with van der Waals surface area (Å²) in [5.74, 6) is -0.544. The van der Waals surface area contributed by atoms with Crippen LogP contribution in [0.2, 0.25) is 0 Å². The van der Waals surface area contributed by atoms with Crippen molar-refractivity contribution in [1.82, 2.24) is 0 Å². The summed E-state index contributed by atoms with van der Waals surface area (Å²) in [4.78, 5) is 40.3. The number of carbonyl (C=O) groups is 3. The number of aryl methyl sites for hydroxylation is 1. The highest BCUT2D eigenvalue weighted by Crippen LogP contribution is 2.37. The Balaban J connectivity index is 1.41. The Morgan fingerprint density at radius 2 is 1.85 bits per heavy atom. The first kappa shape index (κ1) is 24.5. The number of rotatable bonds is 7. The molecule has 0 saturated heterocycles. The lowest BCUT2D eigenvalue weighted by molar-refractivity contribution is -0.113. The minimum absolute atomic E-state index is 0.154. The van der Waals surface area contributed by atoms with E-state index in [4.69, 9.17) is 4.74 Å². The van der Waals surface area contributed by atoms with Crippen LogP contribution in [-0.2, 0) is 22.4 Å². The van der Waals surface area contributed by atoms with Crippen molar-refractivity contribution in [1.29, 1.82) is 0 Å². The van der Waals surface area contributed by atoms with E-state index in [2.05, 4.69) is 10.6 Å². The third-order valence-corrected chi connectivity index (χ3v) is 8.59. The number of benzene rings is 1. The van der Waals surface area contributed by atoms with Crippen LogP contribution < -0.4 is 10.6 Å². The molecule has 4 rings (SSSR count). The van der Waals surface area contributed by atoms with Gasteiger partial charge in [-0.3, -0.25) is 9.59 Å². The molecule has 2 heterocycles. The number of anilines is 2. The van der Waals surface area contributed by atoms with Gasteiger partial charge in [0.05, 0.1) is 23.3 Å². The Hall–Kier alpha value is -2.62. The molecule has 1 aliphatic carbocycles. The number of amides is 2. The second-order valence-corrected chi connectivity index (χ2v) is 11.0. The van der Waals surface area contributed by atoms with E-state index in [0.717, 1.165) is 42.6 Å². The van der Waals surface area contributed by atoms with E-state index < -0.39 is 5.97 Å². The van der Waals surface area contributed by atoms with Gasteiger partial charge in [-0.1, -0.05) is 25.0 Å². The maximum absolute atomic E-state index is 12.8. The van der Waals surface area contributed by atoms with Gasteiger partial charge in [-0.2, -0.15) is 0 Å². The number of thiophene rings is 2. The number of hydrogen-bond donors (Lipinski definition) is 2. The van der Waals surface area contributed by atoms with Crippen LogP contribution in [-0.4, -0.2) is 30.6 Å². The van der Waals surface area contributed by atoms with Gasteiger partial charge in [0.2, 0.25) is 5.91 Å². The first-order chi connectivity index (χ1) is 16.5. The van der Waals surface area contributed by atoms with Crippen LogP contribution >= 0.6 is 34.4 Å². The van der Waals surface area contributed by atoms with Gasteiger partial charge in [0.1, 0.15) is 5.00 Å². The Kier molecular flexibility index (Phi) is 8.42. The summed E-state index contributed by atoms with van der Waals surface area (Å²) in [5.41, 5.74) is 2.23. The van der Waals surface area contributed by atoms with Gasteiger partial charge in [0.15, 0.2) is 0 Å². The first-order valence-electron chi connectivity index (χ1n) is 11.2. The van der Waals surface area contributed by atoms with Crippen molar-refractivity contribution >= 4 is 62.9 Å². The fourth-order valence-electron chi connectivity index (χ4n) is 3.90. The maximum Gasteiger partial charge on any atom is 0.341 e. The monoisotopic (exact) mass is 514 g/mol. The molecular weight excluding hydrogens is 488 g/mol. The molecule has 0 unspecified atom stereocenters. The predicted octanol–water partition coefficient (Wildman–Crippen LogP) is 6.24. The number of ether oxygens (including phenoxy) is 1. The van der Waals surface area contributed by atoms with E-state index in [-0.39, 0.29) is 17.6 Å². The number of fused-ring (bicyclic) bond motifs is 1. The topological polar surface area (TPSA) is 84.5 Å². The smallest absolute Gasteiger partial charge is 0.341 e. The Labute approximate surface area is 211 Å². The normalized spacial score (nSPS) is 13.3. The predicted molar refractivity (Wildman–Crippen MR) is 140 cm³/mol. The van der Waals surface area contributed by atoms with E-state index in [1.54, 1.807) is 6.07 Å². The van der Waals surface area contributed by atoms with Gasteiger partial charge in [-0.15, -0.1) is 34.4 Å². The van der Waals surface area contributed by atoms with Gasteiger partial charge in [-0.25, -0.2) is 4.79 Å². The Morgan fingerprint density at radius 3 is 2.62 bits per heavy atom. The quantitative estimate of drug-likeness (QED) is 0.288. The molecule has 0 saturated carbocycles. The zero-order valence-corrected chi connectivity index (χ0v) is 21.3. The van der Waals surface area contributed by atoms with Gasteiger partial charge >= 0.3 is 5.97 Å². The van der Waals surface area contributed by atoms with Gasteiger partial charge in [0.25, 0.3) is 5.91 Å². The van der Waals surface area contributed by atoms with Gasteiger partial charge in [0, 0.05) is 15.5 Å². The fraction of sp³-hybridized carbons (Fsp3) is 0.320. The number of thioether (sulfide) groups is 1. The highest BCUT2D eigenvalue weighted by atomic mass is 32.2. The van der Waals surface area contributed by atoms with Crippen LogP contribution in [0.15, 0.2) is 46.7 Å². The average Bonchev–Trinajstić information content (AvgIpc) is 3.46. The average molecular weight is 515 g/mol. The molecule has 2 aromatic heterocycles. The number of nitrogens with one attached hydrogen (secondary N) is 2. The van der Waals surface area contributed by atoms with E-state index >= 15 is 0 Å². The SMILES string of the molecule is COC(=O)c1c(NC(=O)CSc2cccc(NC(=O)c3cccs3)c2)sc2c1CCCCCC2. The second kappa shape index (κ2) is 11.7. The van der Waals surface area contributed by atoms with Gasteiger partial charge in [-0.05, 0) is 60.9 Å². The largest absolute Gasteiger partial charge is 0.465 e. The molecule has 2 N–H and O–H groups in total. The van der Waals surface area contributed by atoms with Crippen molar-refractivity contribution in [2.75, 3.05) is 23.5 Å². The lowest BCUT2D eigenvalue weighted by Gasteiger charge is -2.11. The van der Waals surface area contributed by atoms with Crippen LogP contribution in [0.5, 0.6) is 0 Å². The highest BCUT2D eigenvalue weighted by Gasteiger charge is 2.25. The molecule has 3 aromatic rings. The van der Waals surface area contributed by atoms with Crippen LogP contribution in [0, 0.1) is 0 Å². The summed E-state index contributed by atoms with van der Waals surface area (Å²) in [6.45, 7) is 0. The maximum atomic E-state index is 12.8. The zero-order valence-electron chi connectivity index (χ0n) is 18.8. The Morgan fingerprint density at radius 1 is 1.03 bits per heavy atom. The molecule has 6 nitrogen and oxygen atoms in total. The molecule has 0 atom stereocenters. The minimum atomic E-state index is -0.393. The summed E-state index contributed by atoms with van der Waals surface area (Å²) in [6.07, 6.45) is 6.24. The van der Waals surface area contributed by atoms with Crippen molar-refractivity contribution in [3.63, 3.8) is 0 Å². The van der Waals surface area contributed by atoms with Crippen molar-refractivity contribution in [2.45, 2.75) is 43.4 Å². The number of esters is 1. The molecule has 1 aromatic carbocycles. The Bertz CT molecular complexity index is 1170. The number of carbonyl (C=O) groups excluding carboxylic acids is 3. The van der Waals surface area contributed by atoms with Crippen molar-refractivity contribution < 1.29 is 19.1 Å². The molecule has 0 radical (unpaired) electrons. The van der Waals surface area contributed by atoms with Gasteiger partial charge < -0.3 is 15.4 Å². The summed E-state index contributed by atoms with van der Waals surface area (Å²) in [6, 6.07) is 11.0. The molecular formula is C25H26N2O4S3. The third kappa shape index (κ3) is 6.08. The summed E-state index contributed by atoms with van der Waals surface area (Å²) in [5, 5.41) is 8.28. The van der Waals surface area contributed by atoms with Crippen molar-refractivity contribution in [3.05, 3.63) is 62.7 Å². The van der Waals surface area contributed by atoms with Crippen LogP contribution in [0.1, 0.15) is 56.2 Å². The van der Waals surface area contributed by atoms with Crippen LogP contribution in [0.25, 0.3) is 0 Å². The third-order valence-electron chi connectivity index (χ3n) is 5.52. The zero-order chi connectivity index (χ0) is 23.9. The van der Waals surface area contributed by atoms with Crippen LogP contribution in [0.4, 0.5) is 10.7 Å². The van der Waals surface area contributed by atoms with E-state index in [0.29, 0.717) is 21.1 Å². The molecule has 9 heteroatoms. The van der Waals surface area contributed by atoms with Crippen molar-refractivity contribution in [2.24, 2.45) is 0 Å². The molecule has 178 valence electrons. The van der Waals surface area contributed by atoms with E-state index in [9.17, 15) is 14.4 Å². The van der Waals surface area contributed by atoms with E-state index in [1.807, 2.05) is 35.7 Å². The highest BCUT2D eigenvalue weighted by molar-refractivity contribution is 8.00. The summed E-state index contributed by atoms with van der Waals surface area (Å²) < 4.78 is 5.03. The van der Waals surface area contributed by atoms with Crippen molar-refractivity contribution in [3.8, 4) is 0 Å². The first-order valence-corrected chi connectivity index (χ1v) is 13.8. The minimum Gasteiger partial charge on any atom is -0.465 e.